The third-order valence-corrected chi connectivity index (χ3v) is 5.25. The number of hydrazone groups is 1. The quantitative estimate of drug-likeness (QED) is 0.566. The zero-order valence-electron chi connectivity index (χ0n) is 16.5. The van der Waals surface area contributed by atoms with Crippen LogP contribution < -0.4 is 10.2 Å². The van der Waals surface area contributed by atoms with Gasteiger partial charge in [-0.1, -0.05) is 12.1 Å². The van der Waals surface area contributed by atoms with E-state index < -0.39 is 10.7 Å². The van der Waals surface area contributed by atoms with Crippen molar-refractivity contribution < 1.29 is 14.2 Å². The first-order valence-corrected chi connectivity index (χ1v) is 9.80. The second-order valence-electron chi connectivity index (χ2n) is 7.05. The Labute approximate surface area is 172 Å². The van der Waals surface area contributed by atoms with Gasteiger partial charge in [-0.2, -0.15) is 10.3 Å². The van der Waals surface area contributed by atoms with Gasteiger partial charge in [0.1, 0.15) is 18.8 Å². The highest BCUT2D eigenvalue weighted by Crippen LogP contribution is 2.36. The summed E-state index contributed by atoms with van der Waals surface area (Å²) in [4.78, 5) is 26.8. The molecule has 1 N–H and O–H groups in total. The summed E-state index contributed by atoms with van der Waals surface area (Å²) < 4.78 is 14.0. The van der Waals surface area contributed by atoms with Gasteiger partial charge >= 0.3 is 5.69 Å². The van der Waals surface area contributed by atoms with Crippen LogP contribution in [-0.2, 0) is 4.84 Å². The maximum Gasteiger partial charge on any atom is 0.353 e. The lowest BCUT2D eigenvalue weighted by atomic mass is 9.92. The molecule has 0 radical (unpaired) electrons. The Hall–Kier alpha value is -3.34. The molecule has 0 aliphatic carbocycles. The van der Waals surface area contributed by atoms with Gasteiger partial charge in [0, 0.05) is 19.0 Å². The molecule has 0 saturated carbocycles. The van der Waals surface area contributed by atoms with Crippen LogP contribution in [0.4, 0.5) is 27.4 Å². The number of hydrogen-bond donors (Lipinski definition) is 1. The van der Waals surface area contributed by atoms with Crippen LogP contribution >= 0.6 is 0 Å². The molecule has 2 aliphatic rings. The number of hydrogen-bond acceptors (Lipinski definition) is 9. The summed E-state index contributed by atoms with van der Waals surface area (Å²) in [5, 5.41) is 20.6. The third-order valence-electron chi connectivity index (χ3n) is 5.25. The summed E-state index contributed by atoms with van der Waals surface area (Å²) in [6.45, 7) is 4.33. The van der Waals surface area contributed by atoms with Crippen molar-refractivity contribution in [1.82, 2.24) is 15.1 Å². The van der Waals surface area contributed by atoms with Crippen LogP contribution in [-0.4, -0.2) is 52.0 Å². The fraction of sp³-hybridized carbons (Fsp3) is 0.421. The maximum absolute atomic E-state index is 14.0. The van der Waals surface area contributed by atoms with E-state index in [0.717, 1.165) is 18.6 Å². The number of aromatic nitrogens is 2. The molecule has 0 bridgehead atoms. The van der Waals surface area contributed by atoms with E-state index in [2.05, 4.69) is 20.4 Å². The number of halogens is 1. The van der Waals surface area contributed by atoms with Crippen molar-refractivity contribution in [3.8, 4) is 0 Å². The van der Waals surface area contributed by atoms with Crippen molar-refractivity contribution >= 4 is 28.7 Å². The third kappa shape index (κ3) is 4.01. The maximum atomic E-state index is 14.0. The number of benzene rings is 1. The predicted molar refractivity (Wildman–Crippen MR) is 109 cm³/mol. The molecule has 0 amide bonds. The minimum atomic E-state index is -0.529. The molecule has 0 unspecified atom stereocenters. The fourth-order valence-electron chi connectivity index (χ4n) is 3.68. The lowest BCUT2D eigenvalue weighted by Crippen LogP contribution is -2.37. The first-order chi connectivity index (χ1) is 14.6. The van der Waals surface area contributed by atoms with Gasteiger partial charge in [0.05, 0.1) is 22.9 Å². The Morgan fingerprint density at radius 3 is 2.73 bits per heavy atom. The minimum absolute atomic E-state index is 0.0376. The Bertz CT molecular complexity index is 963. The molecular formula is C19H22FN7O3. The monoisotopic (exact) mass is 415 g/mol. The van der Waals surface area contributed by atoms with E-state index >= 15 is 0 Å². The van der Waals surface area contributed by atoms with Crippen molar-refractivity contribution in [3.63, 3.8) is 0 Å². The molecule has 0 atom stereocenters. The predicted octanol–water partition coefficient (Wildman–Crippen LogP) is 3.11. The number of nitro groups is 1. The van der Waals surface area contributed by atoms with Crippen molar-refractivity contribution in [2.45, 2.75) is 19.8 Å². The summed E-state index contributed by atoms with van der Waals surface area (Å²) >= 11 is 0. The Balaban J connectivity index is 1.53. The highest BCUT2D eigenvalue weighted by atomic mass is 19.1. The fourth-order valence-corrected chi connectivity index (χ4v) is 3.68. The van der Waals surface area contributed by atoms with E-state index in [9.17, 15) is 14.5 Å². The molecule has 3 heterocycles. The molecular weight excluding hydrogens is 393 g/mol. The lowest BCUT2D eigenvalue weighted by Gasteiger charge is -2.32. The summed E-state index contributed by atoms with van der Waals surface area (Å²) in [5.41, 5.74) is 0.858. The summed E-state index contributed by atoms with van der Waals surface area (Å²) in [5.74, 6) is -0.0559. The molecule has 10 nitrogen and oxygen atoms in total. The normalized spacial score (nSPS) is 17.2. The molecule has 2 aliphatic heterocycles. The van der Waals surface area contributed by atoms with Gasteiger partial charge in [0.2, 0.25) is 11.6 Å². The highest BCUT2D eigenvalue weighted by Gasteiger charge is 2.32. The van der Waals surface area contributed by atoms with Crippen LogP contribution in [0.1, 0.15) is 19.8 Å². The van der Waals surface area contributed by atoms with Gasteiger partial charge in [0.25, 0.3) is 0 Å². The Morgan fingerprint density at radius 1 is 1.30 bits per heavy atom. The standard InChI is InChI=1S/C19H22FN7O3/c1-2-26-24-16(11-30-26)13-7-9-25(10-8-13)19-17(27(28)29)18(21-12-22-19)23-15-6-4-3-5-14(15)20/h3-6,12-13H,2,7-11H2,1H3,(H,21,22,23). The zero-order valence-corrected chi connectivity index (χ0v) is 16.5. The smallest absolute Gasteiger partial charge is 0.351 e. The molecule has 11 heteroatoms. The van der Waals surface area contributed by atoms with Crippen LogP contribution in [0.2, 0.25) is 0 Å². The molecule has 4 rings (SSSR count). The molecule has 0 spiro atoms. The number of nitrogens with one attached hydrogen (secondary N) is 1. The van der Waals surface area contributed by atoms with Crippen LogP contribution in [0.15, 0.2) is 35.7 Å². The molecule has 1 aromatic heterocycles. The SMILES string of the molecule is CCN1N=C(C2CCN(c3ncnc(Nc4ccccc4F)c3[N+](=O)[O-])CC2)CO1. The van der Waals surface area contributed by atoms with Gasteiger partial charge in [-0.05, 0) is 31.9 Å². The van der Waals surface area contributed by atoms with Crippen molar-refractivity contribution in [2.24, 2.45) is 11.0 Å². The van der Waals surface area contributed by atoms with Gasteiger partial charge in [-0.3, -0.25) is 15.0 Å². The number of para-hydroxylation sites is 1. The summed E-state index contributed by atoms with van der Waals surface area (Å²) in [6, 6.07) is 5.95. The average molecular weight is 415 g/mol. The zero-order chi connectivity index (χ0) is 21.1. The number of anilines is 3. The lowest BCUT2D eigenvalue weighted by molar-refractivity contribution is -0.383. The Morgan fingerprint density at radius 2 is 2.07 bits per heavy atom. The molecule has 30 heavy (non-hydrogen) atoms. The van der Waals surface area contributed by atoms with Crippen molar-refractivity contribution in [2.75, 3.05) is 36.5 Å². The summed E-state index contributed by atoms with van der Waals surface area (Å²) in [7, 11) is 0. The van der Waals surface area contributed by atoms with Gasteiger partial charge < -0.3 is 10.2 Å². The Kier molecular flexibility index (Phi) is 5.70. The molecule has 158 valence electrons. The molecule has 1 aromatic carbocycles. The van der Waals surface area contributed by atoms with Crippen molar-refractivity contribution in [3.05, 3.63) is 46.5 Å². The largest absolute Gasteiger partial charge is 0.353 e. The van der Waals surface area contributed by atoms with E-state index in [4.69, 9.17) is 4.84 Å². The van der Waals surface area contributed by atoms with Gasteiger partial charge in [-0.25, -0.2) is 14.4 Å². The van der Waals surface area contributed by atoms with E-state index in [1.807, 2.05) is 11.8 Å². The van der Waals surface area contributed by atoms with E-state index in [-0.39, 0.29) is 28.9 Å². The number of rotatable bonds is 6. The van der Waals surface area contributed by atoms with Crippen LogP contribution in [0, 0.1) is 21.8 Å². The number of hydroxylamine groups is 1. The molecule has 1 saturated heterocycles. The van der Waals surface area contributed by atoms with E-state index in [0.29, 0.717) is 26.2 Å². The first kappa shape index (κ1) is 20.0. The topological polar surface area (TPSA) is 109 Å². The van der Waals surface area contributed by atoms with Crippen LogP contribution in [0.3, 0.4) is 0 Å². The number of nitrogens with zero attached hydrogens (tertiary/aromatic N) is 6. The number of piperidine rings is 1. The highest BCUT2D eigenvalue weighted by molar-refractivity contribution is 5.88. The van der Waals surface area contributed by atoms with Crippen LogP contribution in [0.25, 0.3) is 0 Å². The molecule has 1 fully saturated rings. The second kappa shape index (κ2) is 8.57. The van der Waals surface area contributed by atoms with E-state index in [1.54, 1.807) is 17.3 Å². The molecule has 2 aromatic rings. The van der Waals surface area contributed by atoms with E-state index in [1.165, 1.54) is 18.5 Å². The average Bonchev–Trinajstić information content (AvgIpc) is 3.24. The first-order valence-electron chi connectivity index (χ1n) is 9.80. The van der Waals surface area contributed by atoms with Gasteiger partial charge in [-0.15, -0.1) is 0 Å². The van der Waals surface area contributed by atoms with Crippen molar-refractivity contribution in [1.29, 1.82) is 0 Å². The minimum Gasteiger partial charge on any atom is -0.351 e. The van der Waals surface area contributed by atoms with Crippen LogP contribution in [0.5, 0.6) is 0 Å². The second-order valence-corrected chi connectivity index (χ2v) is 7.05. The summed E-state index contributed by atoms with van der Waals surface area (Å²) in [6.07, 6.45) is 2.83. The van der Waals surface area contributed by atoms with Gasteiger partial charge in [0.15, 0.2) is 0 Å².